The largest absolute Gasteiger partial charge is 0.354 e. The Labute approximate surface area is 76.2 Å². The van der Waals surface area contributed by atoms with Gasteiger partial charge in [0.05, 0.1) is 0 Å². The maximum absolute atomic E-state index is 11.5. The quantitative estimate of drug-likeness (QED) is 0.679. The minimum Gasteiger partial charge on any atom is -0.354 e. The van der Waals surface area contributed by atoms with Crippen LogP contribution in [0.15, 0.2) is 0 Å². The zero-order valence-corrected chi connectivity index (χ0v) is 8.10. The molecule has 0 aromatic carbocycles. The van der Waals surface area contributed by atoms with E-state index in [9.17, 15) is 4.79 Å². The van der Waals surface area contributed by atoms with Crippen LogP contribution >= 0.6 is 0 Å². The lowest BCUT2D eigenvalue weighted by Gasteiger charge is -2.21. The SMILES string of the molecule is CC(C)NC(=O)C1CCCCC1.[HH]. The predicted molar refractivity (Wildman–Crippen MR) is 52.0 cm³/mol. The minimum absolute atomic E-state index is 0. The minimum atomic E-state index is 0. The van der Waals surface area contributed by atoms with Gasteiger partial charge in [0.1, 0.15) is 0 Å². The third-order valence-corrected chi connectivity index (χ3v) is 2.41. The van der Waals surface area contributed by atoms with Crippen LogP contribution in [0.4, 0.5) is 0 Å². The molecular formula is C10H21NO. The van der Waals surface area contributed by atoms with Crippen molar-refractivity contribution in [1.29, 1.82) is 0 Å². The maximum atomic E-state index is 11.5. The van der Waals surface area contributed by atoms with Crippen molar-refractivity contribution in [3.05, 3.63) is 0 Å². The van der Waals surface area contributed by atoms with Gasteiger partial charge in [0.15, 0.2) is 0 Å². The van der Waals surface area contributed by atoms with Crippen molar-refractivity contribution < 1.29 is 6.22 Å². The van der Waals surface area contributed by atoms with E-state index in [2.05, 4.69) is 5.32 Å². The molecule has 1 aliphatic carbocycles. The van der Waals surface area contributed by atoms with Crippen LogP contribution in [0.25, 0.3) is 0 Å². The van der Waals surface area contributed by atoms with Crippen molar-refractivity contribution in [3.63, 3.8) is 0 Å². The van der Waals surface area contributed by atoms with Crippen molar-refractivity contribution in [1.82, 2.24) is 5.32 Å². The zero-order chi connectivity index (χ0) is 8.97. The van der Waals surface area contributed by atoms with Crippen molar-refractivity contribution in [2.45, 2.75) is 52.0 Å². The van der Waals surface area contributed by atoms with Crippen LogP contribution in [-0.2, 0) is 4.79 Å². The summed E-state index contributed by atoms with van der Waals surface area (Å²) in [5, 5.41) is 2.97. The highest BCUT2D eigenvalue weighted by atomic mass is 16.1. The molecular weight excluding hydrogens is 150 g/mol. The second kappa shape index (κ2) is 4.48. The molecule has 0 heterocycles. The second-order valence-corrected chi connectivity index (χ2v) is 4.00. The Kier molecular flexibility index (Phi) is 3.57. The summed E-state index contributed by atoms with van der Waals surface area (Å²) in [6.07, 6.45) is 5.97. The van der Waals surface area contributed by atoms with Crippen molar-refractivity contribution in [2.75, 3.05) is 0 Å². The first-order valence-electron chi connectivity index (χ1n) is 5.00. The van der Waals surface area contributed by atoms with Crippen LogP contribution in [-0.4, -0.2) is 11.9 Å². The monoisotopic (exact) mass is 171 g/mol. The molecule has 0 unspecified atom stereocenters. The summed E-state index contributed by atoms with van der Waals surface area (Å²) in [7, 11) is 0. The molecule has 0 spiro atoms. The summed E-state index contributed by atoms with van der Waals surface area (Å²) >= 11 is 0. The van der Waals surface area contributed by atoms with Gasteiger partial charge in [0, 0.05) is 13.4 Å². The Balaban J connectivity index is 0.00000144. The topological polar surface area (TPSA) is 29.1 Å². The average Bonchev–Trinajstić information content (AvgIpc) is 2.05. The Bertz CT molecular complexity index is 153. The molecule has 72 valence electrons. The first-order valence-corrected chi connectivity index (χ1v) is 5.00. The number of hydrogen-bond donors (Lipinski definition) is 1. The number of hydrogen-bond acceptors (Lipinski definition) is 1. The average molecular weight is 171 g/mol. The molecule has 0 radical (unpaired) electrons. The van der Waals surface area contributed by atoms with Crippen LogP contribution in [0, 0.1) is 5.92 Å². The molecule has 0 bridgehead atoms. The summed E-state index contributed by atoms with van der Waals surface area (Å²) in [6.45, 7) is 4.03. The van der Waals surface area contributed by atoms with Crippen LogP contribution in [0.1, 0.15) is 47.4 Å². The van der Waals surface area contributed by atoms with E-state index < -0.39 is 0 Å². The molecule has 2 nitrogen and oxygen atoms in total. The molecule has 1 fully saturated rings. The van der Waals surface area contributed by atoms with Gasteiger partial charge in [-0.15, -0.1) is 0 Å². The maximum Gasteiger partial charge on any atom is 0.223 e. The lowest BCUT2D eigenvalue weighted by Crippen LogP contribution is -2.36. The third kappa shape index (κ3) is 2.84. The molecule has 0 saturated heterocycles. The standard InChI is InChI=1S/C10H19NO.H2/c1-8(2)11-10(12)9-6-4-3-5-7-9;/h8-9H,3-7H2,1-2H3,(H,11,12);1H. The Hall–Kier alpha value is -0.530. The first-order chi connectivity index (χ1) is 5.70. The Morgan fingerprint density at radius 3 is 2.42 bits per heavy atom. The van der Waals surface area contributed by atoms with Gasteiger partial charge in [-0.05, 0) is 26.7 Å². The number of rotatable bonds is 2. The van der Waals surface area contributed by atoms with Gasteiger partial charge in [0.25, 0.3) is 0 Å². The first kappa shape index (κ1) is 9.56. The van der Waals surface area contributed by atoms with Crippen molar-refractivity contribution in [2.24, 2.45) is 5.92 Å². The summed E-state index contributed by atoms with van der Waals surface area (Å²) in [4.78, 5) is 11.5. The van der Waals surface area contributed by atoms with Gasteiger partial charge >= 0.3 is 0 Å². The van der Waals surface area contributed by atoms with Crippen LogP contribution in [0.2, 0.25) is 0 Å². The van der Waals surface area contributed by atoms with Crippen molar-refractivity contribution >= 4 is 5.91 Å². The van der Waals surface area contributed by atoms with E-state index in [0.29, 0.717) is 12.0 Å². The second-order valence-electron chi connectivity index (χ2n) is 4.00. The molecule has 1 N–H and O–H groups in total. The fraction of sp³-hybridized carbons (Fsp3) is 0.900. The number of carbonyl (C=O) groups excluding carboxylic acids is 1. The molecule has 0 aromatic rings. The molecule has 0 atom stereocenters. The van der Waals surface area contributed by atoms with Gasteiger partial charge in [-0.25, -0.2) is 0 Å². The highest BCUT2D eigenvalue weighted by Crippen LogP contribution is 2.23. The fourth-order valence-corrected chi connectivity index (χ4v) is 1.77. The molecule has 1 rings (SSSR count). The molecule has 1 aliphatic rings. The van der Waals surface area contributed by atoms with Crippen molar-refractivity contribution in [3.8, 4) is 0 Å². The molecule has 12 heavy (non-hydrogen) atoms. The number of amides is 1. The zero-order valence-electron chi connectivity index (χ0n) is 8.10. The molecule has 1 saturated carbocycles. The number of carbonyl (C=O) groups is 1. The van der Waals surface area contributed by atoms with E-state index in [4.69, 9.17) is 0 Å². The van der Waals surface area contributed by atoms with E-state index in [1.165, 1.54) is 19.3 Å². The molecule has 1 amide bonds. The summed E-state index contributed by atoms with van der Waals surface area (Å²) in [5.74, 6) is 0.575. The van der Waals surface area contributed by atoms with E-state index >= 15 is 0 Å². The van der Waals surface area contributed by atoms with Crippen LogP contribution < -0.4 is 5.32 Å². The lowest BCUT2D eigenvalue weighted by molar-refractivity contribution is -0.126. The Morgan fingerprint density at radius 1 is 1.33 bits per heavy atom. The van der Waals surface area contributed by atoms with E-state index in [1.807, 2.05) is 13.8 Å². The van der Waals surface area contributed by atoms with Gasteiger partial charge in [-0.3, -0.25) is 4.79 Å². The van der Waals surface area contributed by atoms with Gasteiger partial charge in [-0.2, -0.15) is 0 Å². The third-order valence-electron chi connectivity index (χ3n) is 2.41. The van der Waals surface area contributed by atoms with Crippen LogP contribution in [0.5, 0.6) is 0 Å². The highest BCUT2D eigenvalue weighted by Gasteiger charge is 2.20. The molecule has 2 heteroatoms. The fourth-order valence-electron chi connectivity index (χ4n) is 1.77. The summed E-state index contributed by atoms with van der Waals surface area (Å²) in [5.41, 5.74) is 0. The van der Waals surface area contributed by atoms with E-state index in [0.717, 1.165) is 12.8 Å². The van der Waals surface area contributed by atoms with Crippen LogP contribution in [0.3, 0.4) is 0 Å². The van der Waals surface area contributed by atoms with Gasteiger partial charge < -0.3 is 5.32 Å². The smallest absolute Gasteiger partial charge is 0.223 e. The summed E-state index contributed by atoms with van der Waals surface area (Å²) in [6, 6.07) is 0.291. The highest BCUT2D eigenvalue weighted by molar-refractivity contribution is 5.78. The number of nitrogens with one attached hydrogen (secondary N) is 1. The normalized spacial score (nSPS) is 19.6. The molecule has 0 aliphatic heterocycles. The molecule has 0 aromatic heterocycles. The van der Waals surface area contributed by atoms with Gasteiger partial charge in [0.2, 0.25) is 5.91 Å². The lowest BCUT2D eigenvalue weighted by atomic mass is 9.88. The van der Waals surface area contributed by atoms with E-state index in [1.54, 1.807) is 0 Å². The Morgan fingerprint density at radius 2 is 1.92 bits per heavy atom. The van der Waals surface area contributed by atoms with E-state index in [-0.39, 0.29) is 7.33 Å². The summed E-state index contributed by atoms with van der Waals surface area (Å²) < 4.78 is 0. The predicted octanol–water partition coefficient (Wildman–Crippen LogP) is 2.34. The van der Waals surface area contributed by atoms with Gasteiger partial charge in [-0.1, -0.05) is 19.3 Å².